The highest BCUT2D eigenvalue weighted by Gasteiger charge is 2.21. The van der Waals surface area contributed by atoms with E-state index >= 15 is 0 Å². The van der Waals surface area contributed by atoms with E-state index in [4.69, 9.17) is 0 Å². The lowest BCUT2D eigenvalue weighted by Gasteiger charge is -2.30. The molecule has 1 aliphatic heterocycles. The number of likely N-dealkylation sites (N-methyl/N-ethyl adjacent to an activating group) is 1. The van der Waals surface area contributed by atoms with Crippen LogP contribution in [-0.2, 0) is 6.42 Å². The van der Waals surface area contributed by atoms with Gasteiger partial charge < -0.3 is 10.2 Å². The third-order valence-electron chi connectivity index (χ3n) is 5.94. The minimum absolute atomic E-state index is 0.0751. The molecule has 1 unspecified atom stereocenters. The monoisotopic (exact) mass is 462 g/mol. The van der Waals surface area contributed by atoms with E-state index in [0.717, 1.165) is 64.4 Å². The molecule has 1 amide bonds. The Labute approximate surface area is 196 Å². The second kappa shape index (κ2) is 9.10. The topological polar surface area (TPSA) is 58.1 Å². The van der Waals surface area contributed by atoms with E-state index < -0.39 is 0 Å². The number of hydrogen-bond donors (Lipinski definition) is 1. The Hall–Kier alpha value is -2.61. The number of aryl methyl sites for hydroxylation is 1. The van der Waals surface area contributed by atoms with Crippen molar-refractivity contribution in [2.24, 2.45) is 0 Å². The Morgan fingerprint density at radius 3 is 2.78 bits per heavy atom. The molecule has 4 heterocycles. The fraction of sp³-hybridized carbons (Fsp3) is 0.320. The van der Waals surface area contributed by atoms with Gasteiger partial charge in [0.2, 0.25) is 0 Å². The van der Waals surface area contributed by atoms with Crippen LogP contribution in [0.15, 0.2) is 47.2 Å². The van der Waals surface area contributed by atoms with Crippen LogP contribution in [0.2, 0.25) is 0 Å². The number of piperidine rings is 1. The van der Waals surface area contributed by atoms with Crippen LogP contribution < -0.4 is 5.32 Å². The van der Waals surface area contributed by atoms with Gasteiger partial charge in [-0.25, -0.2) is 9.97 Å². The van der Waals surface area contributed by atoms with Gasteiger partial charge in [-0.05, 0) is 68.4 Å². The molecule has 0 aliphatic carbocycles. The summed E-state index contributed by atoms with van der Waals surface area (Å²) in [6, 6.07) is 12.7. The summed E-state index contributed by atoms with van der Waals surface area (Å²) < 4.78 is 1.15. The van der Waals surface area contributed by atoms with Gasteiger partial charge in [0.1, 0.15) is 5.69 Å². The van der Waals surface area contributed by atoms with E-state index in [1.807, 2.05) is 24.4 Å². The van der Waals surface area contributed by atoms with Crippen LogP contribution in [0.1, 0.15) is 39.5 Å². The van der Waals surface area contributed by atoms with Crippen molar-refractivity contribution in [3.63, 3.8) is 0 Å². The van der Waals surface area contributed by atoms with Gasteiger partial charge in [-0.15, -0.1) is 22.7 Å². The molecule has 1 saturated heterocycles. The maximum absolute atomic E-state index is 13.0. The predicted molar refractivity (Wildman–Crippen MR) is 133 cm³/mol. The summed E-state index contributed by atoms with van der Waals surface area (Å²) in [5.74, 6) is -0.0751. The zero-order valence-electron chi connectivity index (χ0n) is 18.3. The van der Waals surface area contributed by atoms with Gasteiger partial charge in [0.25, 0.3) is 5.91 Å². The van der Waals surface area contributed by atoms with Gasteiger partial charge in [0.15, 0.2) is 0 Å². The molecule has 4 aromatic rings. The van der Waals surface area contributed by atoms with Crippen LogP contribution >= 0.6 is 22.7 Å². The number of carbonyl (C=O) groups excluding carboxylic acids is 1. The molecule has 32 heavy (non-hydrogen) atoms. The minimum Gasteiger partial charge on any atom is -0.347 e. The Morgan fingerprint density at radius 2 is 2.03 bits per heavy atom. The van der Waals surface area contributed by atoms with Crippen molar-refractivity contribution < 1.29 is 4.79 Å². The molecule has 1 aromatic carbocycles. The smallest absolute Gasteiger partial charge is 0.270 e. The van der Waals surface area contributed by atoms with Gasteiger partial charge in [0.05, 0.1) is 20.9 Å². The SMILES string of the molecule is Cc1nc(-c2ccc(Cc3cc(C(=O)NC4CCCN(C)C4)nc4ccsc34)cc2)cs1. The molecular formula is C25H26N4OS2. The highest BCUT2D eigenvalue weighted by Crippen LogP contribution is 2.28. The normalized spacial score (nSPS) is 17.0. The molecule has 0 saturated carbocycles. The molecule has 1 aliphatic rings. The van der Waals surface area contributed by atoms with Crippen LogP contribution in [0.5, 0.6) is 0 Å². The molecule has 5 rings (SSSR count). The maximum Gasteiger partial charge on any atom is 0.270 e. The van der Waals surface area contributed by atoms with Crippen molar-refractivity contribution in [3.05, 3.63) is 69.0 Å². The van der Waals surface area contributed by atoms with E-state index in [0.29, 0.717) is 5.69 Å². The number of pyridine rings is 1. The molecule has 1 fully saturated rings. The average Bonchev–Trinajstić information content (AvgIpc) is 3.43. The quantitative estimate of drug-likeness (QED) is 0.446. The van der Waals surface area contributed by atoms with Gasteiger partial charge in [-0.3, -0.25) is 4.79 Å². The number of benzene rings is 1. The van der Waals surface area contributed by atoms with Crippen molar-refractivity contribution in [2.75, 3.05) is 20.1 Å². The van der Waals surface area contributed by atoms with Crippen molar-refractivity contribution in [1.29, 1.82) is 0 Å². The van der Waals surface area contributed by atoms with E-state index in [2.05, 4.69) is 56.9 Å². The second-order valence-electron chi connectivity index (χ2n) is 8.50. The number of fused-ring (bicyclic) bond motifs is 1. The number of thiophene rings is 1. The van der Waals surface area contributed by atoms with Crippen LogP contribution in [-0.4, -0.2) is 47.0 Å². The molecular weight excluding hydrogens is 436 g/mol. The Morgan fingerprint density at radius 1 is 1.19 bits per heavy atom. The first kappa shape index (κ1) is 21.2. The van der Waals surface area contributed by atoms with E-state index in [1.165, 1.54) is 5.56 Å². The molecule has 1 atom stereocenters. The fourth-order valence-electron chi connectivity index (χ4n) is 4.32. The van der Waals surface area contributed by atoms with Crippen LogP contribution in [0, 0.1) is 6.92 Å². The summed E-state index contributed by atoms with van der Waals surface area (Å²) in [5, 5.41) is 8.41. The van der Waals surface area contributed by atoms with E-state index in [1.54, 1.807) is 22.7 Å². The van der Waals surface area contributed by atoms with Crippen molar-refractivity contribution in [3.8, 4) is 11.3 Å². The summed E-state index contributed by atoms with van der Waals surface area (Å²) >= 11 is 3.35. The van der Waals surface area contributed by atoms with Gasteiger partial charge in [-0.2, -0.15) is 0 Å². The molecule has 3 aromatic heterocycles. The first-order valence-electron chi connectivity index (χ1n) is 10.9. The number of aromatic nitrogens is 2. The molecule has 0 bridgehead atoms. The second-order valence-corrected chi connectivity index (χ2v) is 10.5. The molecule has 0 spiro atoms. The fourth-order valence-corrected chi connectivity index (χ4v) is 5.80. The highest BCUT2D eigenvalue weighted by molar-refractivity contribution is 7.17. The standard InChI is InChI=1S/C25H26N4OS2/c1-16-26-23(15-32-16)18-7-5-17(6-8-18)12-19-13-22(28-21-9-11-31-24(19)21)25(30)27-20-4-3-10-29(2)14-20/h5-9,11,13,15,20H,3-4,10,12,14H2,1-2H3,(H,27,30). The van der Waals surface area contributed by atoms with Crippen molar-refractivity contribution in [2.45, 2.75) is 32.2 Å². The lowest BCUT2D eigenvalue weighted by molar-refractivity contribution is 0.0907. The van der Waals surface area contributed by atoms with Gasteiger partial charge in [0, 0.05) is 23.5 Å². The largest absolute Gasteiger partial charge is 0.347 e. The average molecular weight is 463 g/mol. The van der Waals surface area contributed by atoms with E-state index in [9.17, 15) is 4.79 Å². The molecule has 164 valence electrons. The third-order valence-corrected chi connectivity index (χ3v) is 7.70. The van der Waals surface area contributed by atoms with E-state index in [-0.39, 0.29) is 11.9 Å². The first-order chi connectivity index (χ1) is 15.5. The Kier molecular flexibility index (Phi) is 6.04. The summed E-state index contributed by atoms with van der Waals surface area (Å²) in [4.78, 5) is 24.5. The number of nitrogens with one attached hydrogen (secondary N) is 1. The zero-order chi connectivity index (χ0) is 22.1. The van der Waals surface area contributed by atoms with Crippen LogP contribution in [0.4, 0.5) is 0 Å². The lowest BCUT2D eigenvalue weighted by Crippen LogP contribution is -2.46. The maximum atomic E-state index is 13.0. The summed E-state index contributed by atoms with van der Waals surface area (Å²) in [6.45, 7) is 4.01. The molecule has 1 N–H and O–H groups in total. The number of carbonyl (C=O) groups is 1. The highest BCUT2D eigenvalue weighted by atomic mass is 32.1. The number of rotatable bonds is 5. The van der Waals surface area contributed by atoms with Gasteiger partial charge >= 0.3 is 0 Å². The molecule has 5 nitrogen and oxygen atoms in total. The lowest BCUT2D eigenvalue weighted by atomic mass is 10.0. The molecule has 0 radical (unpaired) electrons. The minimum atomic E-state index is -0.0751. The number of hydrogen-bond acceptors (Lipinski definition) is 6. The Bertz CT molecular complexity index is 1240. The molecule has 7 heteroatoms. The predicted octanol–water partition coefficient (Wildman–Crippen LogP) is 5.14. The summed E-state index contributed by atoms with van der Waals surface area (Å²) in [6.07, 6.45) is 2.90. The number of likely N-dealkylation sites (tertiary alicyclic amines) is 1. The van der Waals surface area contributed by atoms with Crippen molar-refractivity contribution >= 4 is 38.8 Å². The van der Waals surface area contributed by atoms with Crippen molar-refractivity contribution in [1.82, 2.24) is 20.2 Å². The van der Waals surface area contributed by atoms with Crippen LogP contribution in [0.25, 0.3) is 21.5 Å². The summed E-state index contributed by atoms with van der Waals surface area (Å²) in [7, 11) is 2.10. The summed E-state index contributed by atoms with van der Waals surface area (Å²) in [5.41, 5.74) is 5.92. The number of amides is 1. The third kappa shape index (κ3) is 4.60. The zero-order valence-corrected chi connectivity index (χ0v) is 19.9. The number of nitrogens with zero attached hydrogens (tertiary/aromatic N) is 3. The van der Waals surface area contributed by atoms with Gasteiger partial charge in [-0.1, -0.05) is 24.3 Å². The number of thiazole rings is 1. The Balaban J connectivity index is 1.37. The van der Waals surface area contributed by atoms with Crippen LogP contribution in [0.3, 0.4) is 0 Å². The first-order valence-corrected chi connectivity index (χ1v) is 12.7.